The van der Waals surface area contributed by atoms with E-state index in [1.54, 1.807) is 0 Å². The molecule has 62 heavy (non-hydrogen) atoms. The largest absolute Gasteiger partial charge is 0.309 e. The second-order valence-corrected chi connectivity index (χ2v) is 16.9. The Kier molecular flexibility index (Phi) is 9.24. The highest BCUT2D eigenvalue weighted by Gasteiger charge is 2.38. The van der Waals surface area contributed by atoms with Crippen LogP contribution in [0.2, 0.25) is 0 Å². The third kappa shape index (κ3) is 6.51. The van der Waals surface area contributed by atoms with Gasteiger partial charge in [0.2, 0.25) is 0 Å². The van der Waals surface area contributed by atoms with Crippen LogP contribution in [0.3, 0.4) is 0 Å². The molecule has 0 fully saturated rings. The maximum atomic E-state index is 2.50. The first kappa shape index (κ1) is 37.3. The Labute approximate surface area is 364 Å². The quantitative estimate of drug-likeness (QED) is 0.148. The first-order chi connectivity index (χ1) is 30.5. The van der Waals surface area contributed by atoms with Crippen molar-refractivity contribution >= 4 is 27.8 Å². The van der Waals surface area contributed by atoms with Crippen molar-refractivity contribution in [3.05, 3.63) is 248 Å². The Morgan fingerprint density at radius 3 is 1.27 bits per heavy atom. The molecule has 1 aliphatic carbocycles. The van der Waals surface area contributed by atoms with Crippen molar-refractivity contribution in [2.24, 2.45) is 0 Å². The van der Waals surface area contributed by atoms with E-state index in [1.807, 2.05) is 0 Å². The summed E-state index contributed by atoms with van der Waals surface area (Å²) in [7, 11) is 0. The molecular weight excluding hydrogens is 747 g/mol. The Hall–Kier alpha value is -7.74. The number of anilines is 3. The summed E-state index contributed by atoms with van der Waals surface area (Å²) >= 11 is 0. The van der Waals surface area contributed by atoms with Crippen LogP contribution in [0.1, 0.15) is 25.0 Å². The molecule has 11 rings (SSSR count). The monoisotopic (exact) mass is 791 g/mol. The van der Waals surface area contributed by atoms with Gasteiger partial charge < -0.3 is 4.90 Å². The van der Waals surface area contributed by atoms with Crippen molar-refractivity contribution in [1.82, 2.24) is 0 Å². The molecule has 0 unspecified atom stereocenters. The number of hydrogen-bond donors (Lipinski definition) is 0. The molecule has 0 saturated carbocycles. The van der Waals surface area contributed by atoms with Gasteiger partial charge in [0.15, 0.2) is 0 Å². The van der Waals surface area contributed by atoms with E-state index in [9.17, 15) is 0 Å². The Morgan fingerprint density at radius 2 is 0.710 bits per heavy atom. The number of benzene rings is 10. The number of rotatable bonds is 8. The number of para-hydroxylation sites is 1. The molecule has 0 aromatic heterocycles. The van der Waals surface area contributed by atoms with Crippen LogP contribution in [-0.4, -0.2) is 0 Å². The average Bonchev–Trinajstić information content (AvgIpc) is 3.58. The zero-order chi connectivity index (χ0) is 41.6. The zero-order valence-electron chi connectivity index (χ0n) is 35.0. The van der Waals surface area contributed by atoms with E-state index >= 15 is 0 Å². The molecule has 0 spiro atoms. The molecule has 0 bridgehead atoms. The molecule has 0 radical (unpaired) electrons. The lowest BCUT2D eigenvalue weighted by Gasteiger charge is -2.31. The molecule has 1 aliphatic rings. The van der Waals surface area contributed by atoms with Gasteiger partial charge in [-0.15, -0.1) is 0 Å². The molecule has 0 heterocycles. The van der Waals surface area contributed by atoms with E-state index in [0.29, 0.717) is 0 Å². The van der Waals surface area contributed by atoms with Gasteiger partial charge in [-0.3, -0.25) is 0 Å². The minimum absolute atomic E-state index is 0.251. The summed E-state index contributed by atoms with van der Waals surface area (Å²) in [4.78, 5) is 2.50. The summed E-state index contributed by atoms with van der Waals surface area (Å²) in [6.07, 6.45) is 0. The topological polar surface area (TPSA) is 3.24 Å². The highest BCUT2D eigenvalue weighted by molar-refractivity contribution is 6.11. The van der Waals surface area contributed by atoms with Crippen molar-refractivity contribution in [2.45, 2.75) is 19.3 Å². The maximum absolute atomic E-state index is 2.50. The summed E-state index contributed by atoms with van der Waals surface area (Å²) in [5.41, 5.74) is 20.6. The van der Waals surface area contributed by atoms with Crippen molar-refractivity contribution < 1.29 is 0 Å². The third-order valence-corrected chi connectivity index (χ3v) is 12.9. The highest BCUT2D eigenvalue weighted by atomic mass is 15.1. The first-order valence-corrected chi connectivity index (χ1v) is 21.6. The van der Waals surface area contributed by atoms with Gasteiger partial charge in [0, 0.05) is 22.1 Å². The van der Waals surface area contributed by atoms with E-state index in [-0.39, 0.29) is 5.41 Å². The predicted molar refractivity (Wildman–Crippen MR) is 263 cm³/mol. The van der Waals surface area contributed by atoms with E-state index < -0.39 is 0 Å². The molecule has 0 aliphatic heterocycles. The van der Waals surface area contributed by atoms with Gasteiger partial charge in [-0.05, 0) is 108 Å². The van der Waals surface area contributed by atoms with E-state index in [2.05, 4.69) is 255 Å². The number of hydrogen-bond acceptors (Lipinski definition) is 1. The Morgan fingerprint density at radius 1 is 0.290 bits per heavy atom. The summed E-state index contributed by atoms with van der Waals surface area (Å²) in [5.74, 6) is 0. The summed E-state index contributed by atoms with van der Waals surface area (Å²) < 4.78 is 0. The van der Waals surface area contributed by atoms with Gasteiger partial charge in [0.1, 0.15) is 0 Å². The molecule has 1 nitrogen and oxygen atoms in total. The van der Waals surface area contributed by atoms with Crippen LogP contribution in [0, 0.1) is 0 Å². The van der Waals surface area contributed by atoms with Crippen LogP contribution in [-0.2, 0) is 5.41 Å². The molecule has 10 aromatic rings. The van der Waals surface area contributed by atoms with Crippen LogP contribution < -0.4 is 4.90 Å². The molecule has 0 N–H and O–H groups in total. The zero-order valence-corrected chi connectivity index (χ0v) is 35.0. The summed E-state index contributed by atoms with van der Waals surface area (Å²) in [6.45, 7) is 4.81. The molecule has 1 heteroatoms. The van der Waals surface area contributed by atoms with Crippen LogP contribution in [0.5, 0.6) is 0 Å². The summed E-state index contributed by atoms with van der Waals surface area (Å²) in [6, 6.07) is 86.5. The lowest BCUT2D eigenvalue weighted by molar-refractivity contribution is 0.661. The minimum Gasteiger partial charge on any atom is -0.309 e. The van der Waals surface area contributed by atoms with Crippen molar-refractivity contribution in [3.8, 4) is 66.8 Å². The number of nitrogens with zero attached hydrogens (tertiary/aromatic N) is 1. The highest BCUT2D eigenvalue weighted by Crippen LogP contribution is 2.55. The lowest BCUT2D eigenvalue weighted by Crippen LogP contribution is -2.17. The lowest BCUT2D eigenvalue weighted by atomic mass is 9.80. The minimum atomic E-state index is -0.251. The summed E-state index contributed by atoms with van der Waals surface area (Å²) in [5, 5.41) is 2.49. The fourth-order valence-electron chi connectivity index (χ4n) is 9.64. The van der Waals surface area contributed by atoms with E-state index in [0.717, 1.165) is 17.1 Å². The van der Waals surface area contributed by atoms with Crippen LogP contribution in [0.25, 0.3) is 77.5 Å². The second-order valence-electron chi connectivity index (χ2n) is 16.9. The Balaban J connectivity index is 1.07. The number of fused-ring (bicyclic) bond motifs is 5. The predicted octanol–water partition coefficient (Wildman–Crippen LogP) is 17.0. The third-order valence-electron chi connectivity index (χ3n) is 12.9. The van der Waals surface area contributed by atoms with Crippen molar-refractivity contribution in [3.63, 3.8) is 0 Å². The van der Waals surface area contributed by atoms with Crippen LogP contribution in [0.15, 0.2) is 237 Å². The molecule has 294 valence electrons. The second kappa shape index (κ2) is 15.4. The van der Waals surface area contributed by atoms with Gasteiger partial charge in [-0.25, -0.2) is 0 Å². The Bertz CT molecular complexity index is 3200. The molecular formula is C61H45N. The van der Waals surface area contributed by atoms with Crippen molar-refractivity contribution in [2.75, 3.05) is 4.90 Å². The first-order valence-electron chi connectivity index (χ1n) is 21.6. The van der Waals surface area contributed by atoms with Crippen molar-refractivity contribution in [1.29, 1.82) is 0 Å². The molecule has 0 amide bonds. The van der Waals surface area contributed by atoms with Crippen LogP contribution >= 0.6 is 0 Å². The van der Waals surface area contributed by atoms with E-state index in [1.165, 1.54) is 88.7 Å². The van der Waals surface area contributed by atoms with Crippen LogP contribution in [0.4, 0.5) is 17.1 Å². The van der Waals surface area contributed by atoms with Gasteiger partial charge >= 0.3 is 0 Å². The fourth-order valence-corrected chi connectivity index (χ4v) is 9.64. The fraction of sp³-hybridized carbons (Fsp3) is 0.0492. The average molecular weight is 792 g/mol. The normalized spacial score (nSPS) is 12.5. The van der Waals surface area contributed by atoms with Gasteiger partial charge in [0.05, 0.1) is 11.4 Å². The molecule has 10 aromatic carbocycles. The SMILES string of the molecule is CC1(C)c2cc(-c3ccc(-c4ccccc4)cc3)ccc2-c2c1cc(N(c1ccc(-c3ccccc3)cc1)c1ccccc1-c1ccc(-c3ccccc3)cc1)c1ccccc21. The maximum Gasteiger partial charge on any atom is 0.0543 e. The van der Waals surface area contributed by atoms with Gasteiger partial charge in [-0.2, -0.15) is 0 Å². The van der Waals surface area contributed by atoms with Gasteiger partial charge in [0.25, 0.3) is 0 Å². The molecule has 0 atom stereocenters. The smallest absolute Gasteiger partial charge is 0.0543 e. The van der Waals surface area contributed by atoms with E-state index in [4.69, 9.17) is 0 Å². The van der Waals surface area contributed by atoms with Gasteiger partial charge in [-0.1, -0.05) is 220 Å². The standard InChI is InChI=1S/C61H45N/c1-61(2)56-40-50(48-28-26-45(27-29-48)42-16-6-3-7-17-42)36-39-55(56)60-54-24-13-12-23-53(54)59(41-57(60)61)62(51-37-34-47(35-38-51)44-20-10-5-11-21-44)58-25-15-14-22-52(58)49-32-30-46(31-33-49)43-18-8-4-9-19-43/h3-41H,1-2H3. The molecule has 0 saturated heterocycles.